The second-order valence-corrected chi connectivity index (χ2v) is 4.96. The summed E-state index contributed by atoms with van der Waals surface area (Å²) < 4.78 is 21.0. The fourth-order valence-corrected chi connectivity index (χ4v) is 1.59. The monoisotopic (exact) mass is 223 g/mol. The van der Waals surface area contributed by atoms with Crippen LogP contribution < -0.4 is 16.6 Å². The van der Waals surface area contributed by atoms with Crippen molar-refractivity contribution < 1.29 is 13.2 Å². The lowest BCUT2D eigenvalue weighted by molar-refractivity contribution is -0.119. The second kappa shape index (κ2) is 5.94. The van der Waals surface area contributed by atoms with Gasteiger partial charge in [-0.15, -0.1) is 0 Å². The molecular weight excluding hydrogens is 206 g/mol. The minimum absolute atomic E-state index is 0.0290. The van der Waals surface area contributed by atoms with Gasteiger partial charge in [-0.3, -0.25) is 4.79 Å². The molecule has 1 unspecified atom stereocenters. The maximum atomic E-state index is 10.5. The first-order valence-corrected chi connectivity index (χ1v) is 6.10. The van der Waals surface area contributed by atoms with Gasteiger partial charge in [0.15, 0.2) is 0 Å². The highest BCUT2D eigenvalue weighted by Crippen LogP contribution is 2.02. The van der Waals surface area contributed by atoms with Gasteiger partial charge < -0.3 is 11.5 Å². The van der Waals surface area contributed by atoms with Crippen LogP contribution in [0.1, 0.15) is 25.7 Å². The Morgan fingerprint density at radius 2 is 1.79 bits per heavy atom. The van der Waals surface area contributed by atoms with Gasteiger partial charge in [0, 0.05) is 0 Å². The molecule has 0 aliphatic carbocycles. The summed E-state index contributed by atoms with van der Waals surface area (Å²) in [5.74, 6) is -0.560. The lowest BCUT2D eigenvalue weighted by Crippen LogP contribution is -2.36. The van der Waals surface area contributed by atoms with E-state index in [9.17, 15) is 13.2 Å². The quantitative estimate of drug-likeness (QED) is 0.460. The summed E-state index contributed by atoms with van der Waals surface area (Å²) >= 11 is 0. The maximum Gasteiger partial charge on any atom is 0.234 e. The molecule has 84 valence electrons. The van der Waals surface area contributed by atoms with E-state index in [-0.39, 0.29) is 5.75 Å². The van der Waals surface area contributed by atoms with Crippen molar-refractivity contribution in [2.45, 2.75) is 31.7 Å². The van der Waals surface area contributed by atoms with Gasteiger partial charge in [-0.25, -0.2) is 13.6 Å². The Balaban J connectivity index is 3.44. The summed E-state index contributed by atoms with van der Waals surface area (Å²) in [6, 6.07) is -0.635. The van der Waals surface area contributed by atoms with Crippen LogP contribution in [0.5, 0.6) is 0 Å². The SMILES string of the molecule is NC(=O)C(N)CCCCCS(N)(=O)=O. The number of carbonyl (C=O) groups excluding carboxylic acids is 1. The van der Waals surface area contributed by atoms with Gasteiger partial charge >= 0.3 is 0 Å². The molecule has 0 aromatic heterocycles. The fraction of sp³-hybridized carbons (Fsp3) is 0.857. The van der Waals surface area contributed by atoms with Gasteiger partial charge in [-0.2, -0.15) is 0 Å². The summed E-state index contributed by atoms with van der Waals surface area (Å²) in [6.45, 7) is 0. The molecule has 0 saturated carbocycles. The predicted molar refractivity (Wildman–Crippen MR) is 53.6 cm³/mol. The largest absolute Gasteiger partial charge is 0.368 e. The number of unbranched alkanes of at least 4 members (excludes halogenated alkanes) is 2. The van der Waals surface area contributed by atoms with E-state index in [0.717, 1.165) is 0 Å². The van der Waals surface area contributed by atoms with Crippen LogP contribution >= 0.6 is 0 Å². The number of amides is 1. The highest BCUT2D eigenvalue weighted by molar-refractivity contribution is 7.89. The zero-order valence-electron chi connectivity index (χ0n) is 7.98. The molecule has 0 fully saturated rings. The third kappa shape index (κ3) is 7.96. The zero-order chi connectivity index (χ0) is 11.2. The van der Waals surface area contributed by atoms with Crippen molar-refractivity contribution in [2.75, 3.05) is 5.75 Å². The van der Waals surface area contributed by atoms with E-state index >= 15 is 0 Å². The molecule has 0 aliphatic rings. The van der Waals surface area contributed by atoms with E-state index in [1.54, 1.807) is 0 Å². The number of primary amides is 1. The molecular formula is C7H17N3O3S. The molecule has 1 amide bonds. The zero-order valence-corrected chi connectivity index (χ0v) is 8.79. The van der Waals surface area contributed by atoms with E-state index in [4.69, 9.17) is 16.6 Å². The normalized spacial score (nSPS) is 13.9. The molecule has 0 aromatic carbocycles. The fourth-order valence-electron chi connectivity index (χ4n) is 0.987. The summed E-state index contributed by atoms with van der Waals surface area (Å²) in [4.78, 5) is 10.5. The smallest absolute Gasteiger partial charge is 0.234 e. The van der Waals surface area contributed by atoms with Crippen LogP contribution in [0.15, 0.2) is 0 Å². The Hall–Kier alpha value is -0.660. The van der Waals surface area contributed by atoms with E-state index in [2.05, 4.69) is 0 Å². The standard InChI is InChI=1S/C7H17N3O3S/c8-6(7(9)11)4-2-1-3-5-14(10,12)13/h6H,1-5,8H2,(H2,9,11)(H2,10,12,13). The van der Waals surface area contributed by atoms with Crippen LogP contribution in [0.2, 0.25) is 0 Å². The summed E-state index contributed by atoms with van der Waals surface area (Å²) in [5, 5.41) is 4.80. The molecule has 6 N–H and O–H groups in total. The van der Waals surface area contributed by atoms with Crippen LogP contribution in [0.4, 0.5) is 0 Å². The van der Waals surface area contributed by atoms with Gasteiger partial charge in [-0.1, -0.05) is 12.8 Å². The van der Waals surface area contributed by atoms with Crippen molar-refractivity contribution in [3.8, 4) is 0 Å². The third-order valence-electron chi connectivity index (χ3n) is 1.81. The van der Waals surface area contributed by atoms with E-state index in [1.807, 2.05) is 0 Å². The first kappa shape index (κ1) is 13.3. The van der Waals surface area contributed by atoms with Crippen molar-refractivity contribution in [3.63, 3.8) is 0 Å². The minimum Gasteiger partial charge on any atom is -0.368 e. The maximum absolute atomic E-state index is 10.5. The second-order valence-electron chi connectivity index (χ2n) is 3.23. The molecule has 0 spiro atoms. The lowest BCUT2D eigenvalue weighted by Gasteiger charge is -2.05. The number of sulfonamides is 1. The molecule has 0 rings (SSSR count). The summed E-state index contributed by atoms with van der Waals surface area (Å²) in [7, 11) is -3.36. The van der Waals surface area contributed by atoms with Gasteiger partial charge in [0.1, 0.15) is 0 Å². The molecule has 0 bridgehead atoms. The van der Waals surface area contributed by atoms with E-state index in [1.165, 1.54) is 0 Å². The molecule has 0 saturated heterocycles. The average Bonchev–Trinajstić information content (AvgIpc) is 2.01. The highest BCUT2D eigenvalue weighted by atomic mass is 32.2. The molecule has 0 aliphatic heterocycles. The van der Waals surface area contributed by atoms with Gasteiger partial charge in [0.05, 0.1) is 11.8 Å². The summed E-state index contributed by atoms with van der Waals surface area (Å²) in [5.41, 5.74) is 10.3. The molecule has 0 radical (unpaired) electrons. The van der Waals surface area contributed by atoms with Crippen molar-refractivity contribution >= 4 is 15.9 Å². The first-order chi connectivity index (χ1) is 6.33. The van der Waals surface area contributed by atoms with Crippen LogP contribution in [-0.2, 0) is 14.8 Å². The minimum atomic E-state index is -3.36. The van der Waals surface area contributed by atoms with Crippen molar-refractivity contribution in [2.24, 2.45) is 16.6 Å². The predicted octanol–water partition coefficient (Wildman–Crippen LogP) is -1.35. The average molecular weight is 223 g/mol. The highest BCUT2D eigenvalue weighted by Gasteiger charge is 2.08. The molecule has 0 aromatic rings. The van der Waals surface area contributed by atoms with Crippen LogP contribution in [0.3, 0.4) is 0 Å². The molecule has 7 heteroatoms. The van der Waals surface area contributed by atoms with Crippen molar-refractivity contribution in [3.05, 3.63) is 0 Å². The topological polar surface area (TPSA) is 129 Å². The van der Waals surface area contributed by atoms with Gasteiger partial charge in [0.25, 0.3) is 0 Å². The van der Waals surface area contributed by atoms with Crippen LogP contribution in [0, 0.1) is 0 Å². The van der Waals surface area contributed by atoms with Crippen LogP contribution in [-0.4, -0.2) is 26.1 Å². The Labute approximate surface area is 83.9 Å². The van der Waals surface area contributed by atoms with Crippen molar-refractivity contribution in [1.82, 2.24) is 0 Å². The molecule has 1 atom stereocenters. The Kier molecular flexibility index (Phi) is 5.66. The Bertz CT molecular complexity index is 276. The van der Waals surface area contributed by atoms with Gasteiger partial charge in [-0.05, 0) is 12.8 Å². The lowest BCUT2D eigenvalue weighted by atomic mass is 10.1. The molecule has 14 heavy (non-hydrogen) atoms. The Morgan fingerprint density at radius 3 is 2.21 bits per heavy atom. The first-order valence-electron chi connectivity index (χ1n) is 4.38. The number of hydrogen-bond donors (Lipinski definition) is 3. The Morgan fingerprint density at radius 1 is 1.21 bits per heavy atom. The molecule has 0 heterocycles. The van der Waals surface area contributed by atoms with E-state index < -0.39 is 22.0 Å². The molecule has 6 nitrogen and oxygen atoms in total. The summed E-state index contributed by atoms with van der Waals surface area (Å²) in [6.07, 6.45) is 2.33. The number of carbonyl (C=O) groups is 1. The van der Waals surface area contributed by atoms with Crippen molar-refractivity contribution in [1.29, 1.82) is 0 Å². The van der Waals surface area contributed by atoms with Gasteiger partial charge in [0.2, 0.25) is 15.9 Å². The van der Waals surface area contributed by atoms with E-state index in [0.29, 0.717) is 25.7 Å². The number of primary sulfonamides is 1. The third-order valence-corrected chi connectivity index (χ3v) is 2.67. The number of hydrogen-bond acceptors (Lipinski definition) is 4. The number of nitrogens with two attached hydrogens (primary N) is 3. The number of rotatable bonds is 7. The van der Waals surface area contributed by atoms with Crippen LogP contribution in [0.25, 0.3) is 0 Å².